The molecule has 0 spiro atoms. The van der Waals surface area contributed by atoms with E-state index in [9.17, 15) is 4.79 Å². The van der Waals surface area contributed by atoms with Crippen LogP contribution in [0.4, 0.5) is 0 Å². The highest BCUT2D eigenvalue weighted by Crippen LogP contribution is 2.37. The number of benzene rings is 2. The standard InChI is InChI=1S/C29H30N6O/c36-29(31-17-21-5-4-13-30-16-21)27-19-34-14-12-25(27)15-26(34)18-35-20-28(32-33-35)24-10-8-23(9-11-24)22-6-2-1-3-7-22/h1-11,13,16,20,25-27H,12,14-15,17-19H2,(H,31,36)/t25-,26+,27-/m0/s1. The minimum Gasteiger partial charge on any atom is -0.352 e. The third-order valence-corrected chi connectivity index (χ3v) is 7.63. The summed E-state index contributed by atoms with van der Waals surface area (Å²) in [4.78, 5) is 19.5. The Morgan fingerprint density at radius 3 is 2.53 bits per heavy atom. The van der Waals surface area contributed by atoms with Crippen LogP contribution in [0.3, 0.4) is 0 Å². The van der Waals surface area contributed by atoms with Gasteiger partial charge in [0.2, 0.25) is 5.91 Å². The fourth-order valence-corrected chi connectivity index (χ4v) is 5.65. The van der Waals surface area contributed by atoms with E-state index in [4.69, 9.17) is 0 Å². The van der Waals surface area contributed by atoms with Crippen molar-refractivity contribution in [2.45, 2.75) is 32.0 Å². The van der Waals surface area contributed by atoms with E-state index in [1.807, 2.05) is 29.1 Å². The molecule has 3 fully saturated rings. The average Bonchev–Trinajstić information content (AvgIpc) is 3.42. The lowest BCUT2D eigenvalue weighted by molar-refractivity contribution is -0.133. The Morgan fingerprint density at radius 1 is 0.972 bits per heavy atom. The molecule has 7 nitrogen and oxygen atoms in total. The molecule has 0 aliphatic carbocycles. The lowest BCUT2D eigenvalue weighted by Crippen LogP contribution is -2.58. The van der Waals surface area contributed by atoms with Crippen molar-refractivity contribution in [1.29, 1.82) is 0 Å². The zero-order chi connectivity index (χ0) is 24.3. The van der Waals surface area contributed by atoms with E-state index in [1.54, 1.807) is 12.4 Å². The molecule has 2 aromatic carbocycles. The molecule has 2 bridgehead atoms. The van der Waals surface area contributed by atoms with Gasteiger partial charge in [-0.2, -0.15) is 0 Å². The van der Waals surface area contributed by atoms with Crippen molar-refractivity contribution >= 4 is 5.91 Å². The van der Waals surface area contributed by atoms with E-state index >= 15 is 0 Å². The van der Waals surface area contributed by atoms with Crippen LogP contribution in [-0.4, -0.2) is 49.9 Å². The summed E-state index contributed by atoms with van der Waals surface area (Å²) in [6.07, 6.45) is 7.69. The summed E-state index contributed by atoms with van der Waals surface area (Å²) in [5.74, 6) is 0.637. The lowest BCUT2D eigenvalue weighted by Gasteiger charge is -2.49. The van der Waals surface area contributed by atoms with Crippen LogP contribution in [0.2, 0.25) is 0 Å². The molecule has 0 saturated carbocycles. The Hall–Kier alpha value is -3.84. The number of aromatic nitrogens is 4. The van der Waals surface area contributed by atoms with Crippen molar-refractivity contribution in [3.63, 3.8) is 0 Å². The molecule has 1 N–H and O–H groups in total. The molecule has 182 valence electrons. The molecule has 4 aromatic rings. The van der Waals surface area contributed by atoms with Crippen molar-refractivity contribution in [2.75, 3.05) is 13.1 Å². The van der Waals surface area contributed by atoms with Crippen LogP contribution in [-0.2, 0) is 17.9 Å². The normalized spacial score (nSPS) is 22.9. The second-order valence-corrected chi connectivity index (χ2v) is 9.89. The number of carbonyl (C=O) groups is 1. The highest BCUT2D eigenvalue weighted by molar-refractivity contribution is 5.79. The molecule has 3 aliphatic rings. The SMILES string of the molecule is O=C(NCc1cccnc1)[C@H]1CN2CC[C@H]1C[C@@H]2Cn1cc(-c2ccc(-c3ccccc3)cc2)nn1. The maximum Gasteiger partial charge on any atom is 0.224 e. The van der Waals surface area contributed by atoms with Gasteiger partial charge in [0.25, 0.3) is 0 Å². The third-order valence-electron chi connectivity index (χ3n) is 7.63. The fourth-order valence-electron chi connectivity index (χ4n) is 5.65. The third kappa shape index (κ3) is 4.79. The van der Waals surface area contributed by atoms with Gasteiger partial charge in [0.05, 0.1) is 18.7 Å². The molecule has 1 amide bonds. The summed E-state index contributed by atoms with van der Waals surface area (Å²) in [5, 5.41) is 12.0. The molecule has 36 heavy (non-hydrogen) atoms. The number of amides is 1. The Kier molecular flexibility index (Phi) is 6.30. The first-order valence-electron chi connectivity index (χ1n) is 12.7. The molecule has 1 unspecified atom stereocenters. The van der Waals surface area contributed by atoms with Crippen LogP contribution < -0.4 is 5.32 Å². The maximum atomic E-state index is 12.9. The van der Waals surface area contributed by atoms with Crippen LogP contribution in [0, 0.1) is 11.8 Å². The molecular weight excluding hydrogens is 448 g/mol. The first kappa shape index (κ1) is 22.6. The van der Waals surface area contributed by atoms with E-state index in [2.05, 4.69) is 74.0 Å². The number of pyridine rings is 1. The highest BCUT2D eigenvalue weighted by Gasteiger charge is 2.43. The number of piperidine rings is 3. The molecular formula is C29H30N6O. The Morgan fingerprint density at radius 2 is 1.78 bits per heavy atom. The van der Waals surface area contributed by atoms with Gasteiger partial charge in [-0.15, -0.1) is 5.10 Å². The van der Waals surface area contributed by atoms with E-state index in [1.165, 1.54) is 11.1 Å². The Labute approximate surface area is 211 Å². The minimum absolute atomic E-state index is 0.0566. The zero-order valence-corrected chi connectivity index (χ0v) is 20.2. The number of carbonyl (C=O) groups excluding carboxylic acids is 1. The van der Waals surface area contributed by atoms with Crippen molar-refractivity contribution < 1.29 is 4.79 Å². The van der Waals surface area contributed by atoms with E-state index in [0.717, 1.165) is 49.3 Å². The summed E-state index contributed by atoms with van der Waals surface area (Å²) in [7, 11) is 0. The molecule has 0 radical (unpaired) electrons. The molecule has 4 atom stereocenters. The van der Waals surface area contributed by atoms with E-state index in [0.29, 0.717) is 18.5 Å². The molecule has 3 aliphatic heterocycles. The first-order chi connectivity index (χ1) is 17.7. The number of fused-ring (bicyclic) bond motifs is 3. The molecule has 5 heterocycles. The number of hydrogen-bond donors (Lipinski definition) is 1. The van der Waals surface area contributed by atoms with Gasteiger partial charge in [-0.3, -0.25) is 19.4 Å². The molecule has 7 rings (SSSR count). The van der Waals surface area contributed by atoms with Gasteiger partial charge in [0.15, 0.2) is 0 Å². The van der Waals surface area contributed by atoms with Crippen LogP contribution >= 0.6 is 0 Å². The predicted octanol–water partition coefficient (Wildman–Crippen LogP) is 4.03. The monoisotopic (exact) mass is 478 g/mol. The second-order valence-electron chi connectivity index (χ2n) is 9.89. The summed E-state index contributed by atoms with van der Waals surface area (Å²) in [6, 6.07) is 23.1. The quantitative estimate of drug-likeness (QED) is 0.434. The smallest absolute Gasteiger partial charge is 0.224 e. The number of nitrogens with zero attached hydrogens (tertiary/aromatic N) is 5. The second kappa shape index (κ2) is 10.0. The predicted molar refractivity (Wildman–Crippen MR) is 139 cm³/mol. The van der Waals surface area contributed by atoms with Crippen molar-refractivity contribution in [3.8, 4) is 22.4 Å². The van der Waals surface area contributed by atoms with Crippen LogP contribution in [0.1, 0.15) is 18.4 Å². The summed E-state index contributed by atoms with van der Waals surface area (Å²) >= 11 is 0. The Bertz CT molecular complexity index is 1300. The number of nitrogens with one attached hydrogen (secondary N) is 1. The summed E-state index contributed by atoms with van der Waals surface area (Å²) in [6.45, 7) is 3.20. The zero-order valence-electron chi connectivity index (χ0n) is 20.2. The van der Waals surface area contributed by atoms with Crippen molar-refractivity contribution in [2.24, 2.45) is 11.8 Å². The van der Waals surface area contributed by atoms with E-state index < -0.39 is 0 Å². The van der Waals surface area contributed by atoms with Gasteiger partial charge < -0.3 is 5.32 Å². The van der Waals surface area contributed by atoms with Gasteiger partial charge in [0.1, 0.15) is 5.69 Å². The molecule has 7 heteroatoms. The van der Waals surface area contributed by atoms with Crippen LogP contribution in [0.5, 0.6) is 0 Å². The largest absolute Gasteiger partial charge is 0.352 e. The Balaban J connectivity index is 1.06. The van der Waals surface area contributed by atoms with Crippen LogP contribution in [0.15, 0.2) is 85.3 Å². The fraction of sp³-hybridized carbons (Fsp3) is 0.310. The van der Waals surface area contributed by atoms with Gasteiger partial charge in [-0.1, -0.05) is 65.9 Å². The molecule has 2 aromatic heterocycles. The van der Waals surface area contributed by atoms with Gasteiger partial charge in [0, 0.05) is 37.1 Å². The number of hydrogen-bond acceptors (Lipinski definition) is 5. The average molecular weight is 479 g/mol. The van der Waals surface area contributed by atoms with Gasteiger partial charge in [-0.25, -0.2) is 0 Å². The summed E-state index contributed by atoms with van der Waals surface area (Å²) < 4.78 is 1.96. The van der Waals surface area contributed by atoms with Gasteiger partial charge >= 0.3 is 0 Å². The highest BCUT2D eigenvalue weighted by atomic mass is 16.1. The minimum atomic E-state index is 0.0566. The van der Waals surface area contributed by atoms with Crippen molar-refractivity contribution in [3.05, 3.63) is 90.9 Å². The lowest BCUT2D eigenvalue weighted by atomic mass is 9.75. The summed E-state index contributed by atoms with van der Waals surface area (Å²) in [5.41, 5.74) is 5.38. The first-order valence-corrected chi connectivity index (χ1v) is 12.7. The van der Waals surface area contributed by atoms with E-state index in [-0.39, 0.29) is 11.8 Å². The molecule has 3 saturated heterocycles. The van der Waals surface area contributed by atoms with Crippen LogP contribution in [0.25, 0.3) is 22.4 Å². The maximum absolute atomic E-state index is 12.9. The van der Waals surface area contributed by atoms with Gasteiger partial charge in [-0.05, 0) is 48.1 Å². The number of rotatable bonds is 7. The van der Waals surface area contributed by atoms with Crippen molar-refractivity contribution in [1.82, 2.24) is 30.2 Å². The topological polar surface area (TPSA) is 75.9 Å².